The van der Waals surface area contributed by atoms with Gasteiger partial charge in [0.2, 0.25) is 11.8 Å². The summed E-state index contributed by atoms with van der Waals surface area (Å²) < 4.78 is 7.00. The van der Waals surface area contributed by atoms with Crippen molar-refractivity contribution in [3.63, 3.8) is 0 Å². The van der Waals surface area contributed by atoms with Crippen LogP contribution in [0.2, 0.25) is 0 Å². The number of fused-ring (bicyclic) bond motifs is 1. The lowest BCUT2D eigenvalue weighted by atomic mass is 10.0. The minimum Gasteiger partial charge on any atom is -0.366 e. The highest BCUT2D eigenvalue weighted by molar-refractivity contribution is 5.79. The van der Waals surface area contributed by atoms with E-state index in [-0.39, 0.29) is 42.5 Å². The number of piperidine rings is 1. The third-order valence-corrected chi connectivity index (χ3v) is 4.14. The van der Waals surface area contributed by atoms with Gasteiger partial charge in [-0.1, -0.05) is 6.07 Å². The predicted octanol–water partition coefficient (Wildman–Crippen LogP) is -0.646. The average molecular weight is 305 g/mol. The van der Waals surface area contributed by atoms with E-state index >= 15 is 0 Å². The van der Waals surface area contributed by atoms with E-state index in [0.717, 1.165) is 6.42 Å². The van der Waals surface area contributed by atoms with Crippen LogP contribution < -0.4 is 10.9 Å². The lowest BCUT2D eigenvalue weighted by Gasteiger charge is -2.41. The SMILES string of the molecule is O=C1CO[C@H]2CCN(C(=O)CCn3ccccc3=O)C[C@@H]2N1. The van der Waals surface area contributed by atoms with Gasteiger partial charge in [-0.15, -0.1) is 0 Å². The van der Waals surface area contributed by atoms with Crippen molar-refractivity contribution < 1.29 is 14.3 Å². The van der Waals surface area contributed by atoms with Crippen molar-refractivity contribution >= 4 is 11.8 Å². The fourth-order valence-corrected chi connectivity index (χ4v) is 2.95. The molecule has 0 unspecified atom stereocenters. The van der Waals surface area contributed by atoms with Gasteiger partial charge in [0, 0.05) is 38.3 Å². The first-order valence-electron chi connectivity index (χ1n) is 7.48. The number of amides is 2. The van der Waals surface area contributed by atoms with Gasteiger partial charge in [-0.05, 0) is 12.5 Å². The van der Waals surface area contributed by atoms with Crippen molar-refractivity contribution in [1.82, 2.24) is 14.8 Å². The van der Waals surface area contributed by atoms with E-state index < -0.39 is 0 Å². The molecule has 1 aromatic rings. The fourth-order valence-electron chi connectivity index (χ4n) is 2.95. The second kappa shape index (κ2) is 6.31. The van der Waals surface area contributed by atoms with Crippen LogP contribution in [-0.2, 0) is 20.9 Å². The second-order valence-electron chi connectivity index (χ2n) is 5.63. The summed E-state index contributed by atoms with van der Waals surface area (Å²) in [5.41, 5.74) is -0.109. The van der Waals surface area contributed by atoms with Crippen LogP contribution in [-0.4, -0.2) is 53.1 Å². The first-order valence-corrected chi connectivity index (χ1v) is 7.48. The molecule has 0 saturated carbocycles. The fraction of sp³-hybridized carbons (Fsp3) is 0.533. The number of nitrogens with zero attached hydrogens (tertiary/aromatic N) is 2. The highest BCUT2D eigenvalue weighted by atomic mass is 16.5. The molecule has 2 atom stereocenters. The summed E-state index contributed by atoms with van der Waals surface area (Å²) in [5.74, 6) is -0.139. The molecule has 0 aliphatic carbocycles. The van der Waals surface area contributed by atoms with E-state index in [1.807, 2.05) is 0 Å². The molecule has 0 bridgehead atoms. The van der Waals surface area contributed by atoms with Gasteiger partial charge in [0.15, 0.2) is 0 Å². The Morgan fingerprint density at radius 3 is 3.05 bits per heavy atom. The van der Waals surface area contributed by atoms with Gasteiger partial charge in [0.1, 0.15) is 6.61 Å². The van der Waals surface area contributed by atoms with Gasteiger partial charge >= 0.3 is 0 Å². The molecule has 0 radical (unpaired) electrons. The van der Waals surface area contributed by atoms with Crippen LogP contribution in [0.5, 0.6) is 0 Å². The normalized spacial score (nSPS) is 24.5. The number of rotatable bonds is 3. The summed E-state index contributed by atoms with van der Waals surface area (Å²) in [6.07, 6.45) is 2.67. The largest absolute Gasteiger partial charge is 0.366 e. The molecule has 22 heavy (non-hydrogen) atoms. The topological polar surface area (TPSA) is 80.6 Å². The van der Waals surface area contributed by atoms with Gasteiger partial charge in [0.05, 0.1) is 12.1 Å². The molecule has 0 aromatic carbocycles. The average Bonchev–Trinajstić information content (AvgIpc) is 2.53. The summed E-state index contributed by atoms with van der Waals surface area (Å²) in [6, 6.07) is 4.80. The van der Waals surface area contributed by atoms with Crippen molar-refractivity contribution in [3.05, 3.63) is 34.7 Å². The van der Waals surface area contributed by atoms with Crippen LogP contribution in [0, 0.1) is 0 Å². The highest BCUT2D eigenvalue weighted by Crippen LogP contribution is 2.18. The van der Waals surface area contributed by atoms with Crippen molar-refractivity contribution in [2.75, 3.05) is 19.7 Å². The molecule has 0 spiro atoms. The lowest BCUT2D eigenvalue weighted by Crippen LogP contribution is -2.61. The van der Waals surface area contributed by atoms with Crippen LogP contribution in [0.1, 0.15) is 12.8 Å². The van der Waals surface area contributed by atoms with Crippen LogP contribution in [0.25, 0.3) is 0 Å². The van der Waals surface area contributed by atoms with Crippen molar-refractivity contribution in [3.8, 4) is 0 Å². The number of pyridine rings is 1. The van der Waals surface area contributed by atoms with Crippen LogP contribution in [0.3, 0.4) is 0 Å². The zero-order chi connectivity index (χ0) is 15.5. The van der Waals surface area contributed by atoms with E-state index in [0.29, 0.717) is 19.6 Å². The third-order valence-electron chi connectivity index (χ3n) is 4.14. The maximum atomic E-state index is 12.3. The smallest absolute Gasteiger partial charge is 0.250 e. The molecule has 2 fully saturated rings. The van der Waals surface area contributed by atoms with E-state index in [2.05, 4.69) is 5.32 Å². The maximum Gasteiger partial charge on any atom is 0.250 e. The predicted molar refractivity (Wildman–Crippen MR) is 78.2 cm³/mol. The number of likely N-dealkylation sites (tertiary alicyclic amines) is 1. The second-order valence-corrected chi connectivity index (χ2v) is 5.63. The molecule has 7 heteroatoms. The summed E-state index contributed by atoms with van der Waals surface area (Å²) in [6.45, 7) is 1.57. The summed E-state index contributed by atoms with van der Waals surface area (Å²) in [5, 5.41) is 2.87. The molecule has 2 aliphatic rings. The quantitative estimate of drug-likeness (QED) is 0.805. The third kappa shape index (κ3) is 3.19. The van der Waals surface area contributed by atoms with Crippen LogP contribution in [0.4, 0.5) is 0 Å². The van der Waals surface area contributed by atoms with Gasteiger partial charge in [-0.3, -0.25) is 14.4 Å². The molecule has 118 valence electrons. The molecule has 1 N–H and O–H groups in total. The molecular weight excluding hydrogens is 286 g/mol. The molecule has 2 saturated heterocycles. The Morgan fingerprint density at radius 1 is 1.36 bits per heavy atom. The minimum atomic E-state index is -0.133. The van der Waals surface area contributed by atoms with Crippen molar-refractivity contribution in [1.29, 1.82) is 0 Å². The Labute approximate surface area is 127 Å². The molecule has 1 aromatic heterocycles. The number of morpholine rings is 1. The Bertz CT molecular complexity index is 627. The Balaban J connectivity index is 1.55. The minimum absolute atomic E-state index is 0.00140. The Hall–Kier alpha value is -2.15. The number of carbonyl (C=O) groups is 2. The molecule has 2 amide bonds. The van der Waals surface area contributed by atoms with Crippen molar-refractivity contribution in [2.45, 2.75) is 31.5 Å². The zero-order valence-corrected chi connectivity index (χ0v) is 12.2. The molecule has 3 rings (SSSR count). The van der Waals surface area contributed by atoms with Crippen molar-refractivity contribution in [2.24, 2.45) is 0 Å². The van der Waals surface area contributed by atoms with Crippen LogP contribution in [0.15, 0.2) is 29.2 Å². The van der Waals surface area contributed by atoms with Gasteiger partial charge < -0.3 is 19.5 Å². The molecule has 7 nitrogen and oxygen atoms in total. The number of aromatic nitrogens is 1. The first-order chi connectivity index (χ1) is 10.6. The number of aryl methyl sites for hydroxylation is 1. The van der Waals surface area contributed by atoms with Crippen LogP contribution >= 0.6 is 0 Å². The molecule has 2 aliphatic heterocycles. The monoisotopic (exact) mass is 305 g/mol. The maximum absolute atomic E-state index is 12.3. The highest BCUT2D eigenvalue weighted by Gasteiger charge is 2.35. The van der Waals surface area contributed by atoms with E-state index in [4.69, 9.17) is 4.74 Å². The van der Waals surface area contributed by atoms with Gasteiger partial charge in [-0.2, -0.15) is 0 Å². The van der Waals surface area contributed by atoms with Gasteiger partial charge in [0.25, 0.3) is 5.56 Å². The molecular formula is C15H19N3O4. The standard InChI is InChI=1S/C15H19N3O4/c19-13-10-22-12-4-7-18(9-11(12)16-13)15(21)5-8-17-6-2-1-3-14(17)20/h1-3,6,11-12H,4-5,7-10H2,(H,16,19)/t11-,12-/m0/s1. The number of nitrogens with one attached hydrogen (secondary N) is 1. The number of ether oxygens (including phenoxy) is 1. The number of hydrogen-bond donors (Lipinski definition) is 1. The number of carbonyl (C=O) groups excluding carboxylic acids is 2. The number of hydrogen-bond acceptors (Lipinski definition) is 4. The lowest BCUT2D eigenvalue weighted by molar-refractivity contribution is -0.146. The molecule has 3 heterocycles. The summed E-state index contributed by atoms with van der Waals surface area (Å²) in [7, 11) is 0. The Morgan fingerprint density at radius 2 is 2.23 bits per heavy atom. The van der Waals surface area contributed by atoms with E-state index in [9.17, 15) is 14.4 Å². The van der Waals surface area contributed by atoms with E-state index in [1.165, 1.54) is 10.6 Å². The summed E-state index contributed by atoms with van der Waals surface area (Å²) >= 11 is 0. The Kier molecular flexibility index (Phi) is 4.24. The van der Waals surface area contributed by atoms with E-state index in [1.54, 1.807) is 23.2 Å². The van der Waals surface area contributed by atoms with Gasteiger partial charge in [-0.25, -0.2) is 0 Å². The summed E-state index contributed by atoms with van der Waals surface area (Å²) in [4.78, 5) is 37.0. The first kappa shape index (κ1) is 14.8. The zero-order valence-electron chi connectivity index (χ0n) is 12.2.